The predicted octanol–water partition coefficient (Wildman–Crippen LogP) is 1.44. The van der Waals surface area contributed by atoms with Crippen LogP contribution in [0.25, 0.3) is 10.2 Å². The molecule has 0 aliphatic carbocycles. The molecule has 1 unspecified atom stereocenters. The van der Waals surface area contributed by atoms with Crippen molar-refractivity contribution in [3.63, 3.8) is 0 Å². The van der Waals surface area contributed by atoms with Crippen molar-refractivity contribution in [3.05, 3.63) is 17.6 Å². The maximum atomic E-state index is 10.2. The lowest BCUT2D eigenvalue weighted by atomic mass is 10.0. The van der Waals surface area contributed by atoms with E-state index in [2.05, 4.69) is 10.3 Å². The lowest BCUT2D eigenvalue weighted by Gasteiger charge is -2.22. The molecule has 18 heavy (non-hydrogen) atoms. The van der Waals surface area contributed by atoms with Crippen LogP contribution >= 0.6 is 11.3 Å². The number of nitrogens with zero attached hydrogens (tertiary/aromatic N) is 1. The maximum Gasteiger partial charge on any atom is 0.107 e. The van der Waals surface area contributed by atoms with Crippen molar-refractivity contribution >= 4 is 32.9 Å². The Kier molecular flexibility index (Phi) is 2.85. The van der Waals surface area contributed by atoms with Crippen LogP contribution in [0, 0.1) is 0 Å². The van der Waals surface area contributed by atoms with Crippen LogP contribution in [-0.2, 0) is 4.74 Å². The van der Waals surface area contributed by atoms with Crippen LogP contribution in [0.15, 0.2) is 17.6 Å². The molecule has 0 saturated carbocycles. The van der Waals surface area contributed by atoms with Crippen LogP contribution in [0.4, 0.5) is 11.4 Å². The zero-order chi connectivity index (χ0) is 12.6. The van der Waals surface area contributed by atoms with Crippen molar-refractivity contribution in [2.45, 2.75) is 12.0 Å². The monoisotopic (exact) mass is 265 g/mol. The number of ether oxygens (including phenoxy) is 1. The number of fused-ring (bicyclic) bond motifs is 1. The lowest BCUT2D eigenvalue weighted by Crippen LogP contribution is -2.37. The Labute approximate surface area is 109 Å². The summed E-state index contributed by atoms with van der Waals surface area (Å²) < 4.78 is 6.28. The summed E-state index contributed by atoms with van der Waals surface area (Å²) >= 11 is 1.56. The number of hydrogen-bond acceptors (Lipinski definition) is 6. The minimum Gasteiger partial charge on any atom is -0.395 e. The molecular weight excluding hydrogens is 250 g/mol. The summed E-state index contributed by atoms with van der Waals surface area (Å²) in [6, 6.07) is 3.91. The van der Waals surface area contributed by atoms with E-state index in [1.807, 2.05) is 12.1 Å². The van der Waals surface area contributed by atoms with Gasteiger partial charge in [0.25, 0.3) is 0 Å². The molecule has 4 N–H and O–H groups in total. The molecule has 6 heteroatoms. The van der Waals surface area contributed by atoms with Gasteiger partial charge in [0.1, 0.15) is 11.1 Å². The van der Waals surface area contributed by atoms with Gasteiger partial charge < -0.3 is 20.9 Å². The average Bonchev–Trinajstić information content (AvgIpc) is 2.98. The highest BCUT2D eigenvalue weighted by Crippen LogP contribution is 2.30. The van der Waals surface area contributed by atoms with Crippen LogP contribution in [0.3, 0.4) is 0 Å². The first-order chi connectivity index (χ1) is 8.68. The Morgan fingerprint density at radius 3 is 3.22 bits per heavy atom. The van der Waals surface area contributed by atoms with Gasteiger partial charge >= 0.3 is 0 Å². The molecule has 1 saturated heterocycles. The molecular formula is C12H15N3O2S. The molecule has 1 aliphatic heterocycles. The first-order valence-corrected chi connectivity index (χ1v) is 6.72. The zero-order valence-corrected chi connectivity index (χ0v) is 10.7. The second-order valence-corrected chi connectivity index (χ2v) is 5.49. The first-order valence-electron chi connectivity index (χ1n) is 5.84. The fourth-order valence-electron chi connectivity index (χ4n) is 2.10. The minimum absolute atomic E-state index is 0.374. The van der Waals surface area contributed by atoms with Crippen LogP contribution in [0.5, 0.6) is 0 Å². The largest absolute Gasteiger partial charge is 0.395 e. The molecule has 1 aromatic heterocycles. The van der Waals surface area contributed by atoms with Gasteiger partial charge in [-0.05, 0) is 12.1 Å². The molecule has 0 bridgehead atoms. The number of aliphatic hydroxyl groups is 1. The van der Waals surface area contributed by atoms with Gasteiger partial charge in [-0.2, -0.15) is 0 Å². The highest BCUT2D eigenvalue weighted by Gasteiger charge is 2.32. The van der Waals surface area contributed by atoms with E-state index in [1.165, 1.54) is 0 Å². The average molecular weight is 265 g/mol. The summed E-state index contributed by atoms with van der Waals surface area (Å²) in [4.78, 5) is 4.24. The smallest absolute Gasteiger partial charge is 0.107 e. The van der Waals surface area contributed by atoms with E-state index in [0.29, 0.717) is 31.9 Å². The van der Waals surface area contributed by atoms with E-state index in [4.69, 9.17) is 10.5 Å². The molecule has 1 fully saturated rings. The molecule has 0 amide bonds. The maximum absolute atomic E-state index is 10.2. The molecule has 1 aliphatic rings. The molecule has 3 rings (SSSR count). The fraction of sp³-hybridized carbons (Fsp3) is 0.417. The SMILES string of the molecule is Nc1c(NCC2(O)CCOC2)ccc2scnc12. The van der Waals surface area contributed by atoms with E-state index < -0.39 is 5.60 Å². The molecule has 2 aromatic rings. The summed E-state index contributed by atoms with van der Waals surface area (Å²) in [6.07, 6.45) is 0.652. The second-order valence-electron chi connectivity index (χ2n) is 4.61. The Bertz CT molecular complexity index is 563. The van der Waals surface area contributed by atoms with Crippen molar-refractivity contribution in [3.8, 4) is 0 Å². The van der Waals surface area contributed by atoms with Gasteiger partial charge in [0.05, 0.1) is 28.2 Å². The number of nitrogens with two attached hydrogens (primary N) is 1. The third kappa shape index (κ3) is 2.03. The molecule has 1 atom stereocenters. The number of thiazole rings is 1. The van der Waals surface area contributed by atoms with E-state index in [-0.39, 0.29) is 0 Å². The molecule has 5 nitrogen and oxygen atoms in total. The van der Waals surface area contributed by atoms with Gasteiger partial charge in [-0.3, -0.25) is 0 Å². The van der Waals surface area contributed by atoms with Gasteiger partial charge in [0.2, 0.25) is 0 Å². The van der Waals surface area contributed by atoms with E-state index in [0.717, 1.165) is 15.9 Å². The van der Waals surface area contributed by atoms with Gasteiger partial charge in [0, 0.05) is 19.6 Å². The fourth-order valence-corrected chi connectivity index (χ4v) is 2.79. The minimum atomic E-state index is -0.788. The van der Waals surface area contributed by atoms with Crippen LogP contribution in [0.1, 0.15) is 6.42 Å². The molecule has 2 heterocycles. The van der Waals surface area contributed by atoms with Gasteiger partial charge in [-0.25, -0.2) is 4.98 Å². The van der Waals surface area contributed by atoms with Crippen molar-refractivity contribution in [1.29, 1.82) is 0 Å². The molecule has 1 aromatic carbocycles. The van der Waals surface area contributed by atoms with E-state index in [9.17, 15) is 5.11 Å². The summed E-state index contributed by atoms with van der Waals surface area (Å²) in [7, 11) is 0. The van der Waals surface area contributed by atoms with Crippen molar-refractivity contribution < 1.29 is 9.84 Å². The van der Waals surface area contributed by atoms with Gasteiger partial charge in [-0.1, -0.05) is 0 Å². The Morgan fingerprint density at radius 1 is 1.56 bits per heavy atom. The number of hydrogen-bond donors (Lipinski definition) is 3. The number of anilines is 2. The predicted molar refractivity (Wildman–Crippen MR) is 72.9 cm³/mol. The number of benzene rings is 1. The Hall–Kier alpha value is -1.37. The highest BCUT2D eigenvalue weighted by atomic mass is 32.1. The summed E-state index contributed by atoms with van der Waals surface area (Å²) in [5.41, 5.74) is 9.32. The van der Waals surface area contributed by atoms with Crippen molar-refractivity contribution in [2.24, 2.45) is 0 Å². The first kappa shape index (κ1) is 11.7. The number of nitrogen functional groups attached to an aromatic ring is 1. The third-order valence-electron chi connectivity index (χ3n) is 3.23. The van der Waals surface area contributed by atoms with Crippen molar-refractivity contribution in [1.82, 2.24) is 4.98 Å². The number of nitrogens with one attached hydrogen (secondary N) is 1. The standard InChI is InChI=1S/C12H15N3O2S/c13-10-8(1-2-9-11(10)15-7-18-9)14-5-12(16)3-4-17-6-12/h1-2,7,14,16H,3-6,13H2. The van der Waals surface area contributed by atoms with Crippen LogP contribution in [0.2, 0.25) is 0 Å². The Morgan fingerprint density at radius 2 is 2.44 bits per heavy atom. The number of rotatable bonds is 3. The molecule has 96 valence electrons. The van der Waals surface area contributed by atoms with Gasteiger partial charge in [-0.15, -0.1) is 11.3 Å². The molecule has 0 radical (unpaired) electrons. The molecule has 0 spiro atoms. The quantitative estimate of drug-likeness (QED) is 0.732. The van der Waals surface area contributed by atoms with E-state index >= 15 is 0 Å². The highest BCUT2D eigenvalue weighted by molar-refractivity contribution is 7.16. The summed E-state index contributed by atoms with van der Waals surface area (Å²) in [6.45, 7) is 1.42. The van der Waals surface area contributed by atoms with Crippen LogP contribution in [-0.4, -0.2) is 35.5 Å². The van der Waals surface area contributed by atoms with E-state index in [1.54, 1.807) is 16.8 Å². The Balaban J connectivity index is 1.80. The second kappa shape index (κ2) is 4.38. The lowest BCUT2D eigenvalue weighted by molar-refractivity contribution is 0.0382. The summed E-state index contributed by atoms with van der Waals surface area (Å²) in [5, 5.41) is 13.4. The normalized spacial score (nSPS) is 23.6. The van der Waals surface area contributed by atoms with Gasteiger partial charge in [0.15, 0.2) is 0 Å². The third-order valence-corrected chi connectivity index (χ3v) is 4.03. The summed E-state index contributed by atoms with van der Waals surface area (Å²) in [5.74, 6) is 0. The van der Waals surface area contributed by atoms with Crippen molar-refractivity contribution in [2.75, 3.05) is 30.8 Å². The number of aromatic nitrogens is 1. The van der Waals surface area contributed by atoms with Crippen LogP contribution < -0.4 is 11.1 Å². The topological polar surface area (TPSA) is 80.4 Å². The zero-order valence-electron chi connectivity index (χ0n) is 9.85.